The Hall–Kier alpha value is -2.25. The average molecular weight is 289 g/mol. The van der Waals surface area contributed by atoms with Crippen molar-refractivity contribution in [2.45, 2.75) is 25.9 Å². The van der Waals surface area contributed by atoms with Gasteiger partial charge in [0.25, 0.3) is 0 Å². The molecule has 4 N–H and O–H groups in total. The fourth-order valence-corrected chi connectivity index (χ4v) is 1.63. The van der Waals surface area contributed by atoms with Crippen molar-refractivity contribution in [3.8, 4) is 0 Å². The summed E-state index contributed by atoms with van der Waals surface area (Å²) in [6, 6.07) is 4.73. The number of nitrogens with one attached hydrogen (secondary N) is 1. The van der Waals surface area contributed by atoms with Gasteiger partial charge in [-0.3, -0.25) is 4.79 Å². The number of aryl methyl sites for hydroxylation is 1. The van der Waals surface area contributed by atoms with Crippen LogP contribution in [0.3, 0.4) is 0 Å². The Morgan fingerprint density at radius 3 is 2.65 bits per heavy atom. The Labute approximate surface area is 113 Å². The van der Waals surface area contributed by atoms with Gasteiger partial charge in [0.05, 0.1) is 12.1 Å². The quantitative estimate of drug-likeness (QED) is 0.344. The first kappa shape index (κ1) is 15.8. The van der Waals surface area contributed by atoms with E-state index in [1.54, 1.807) is 19.1 Å². The molecule has 1 amide bonds. The molecule has 0 atom stereocenters. The number of amidine groups is 1. The lowest BCUT2D eigenvalue weighted by atomic mass is 10.1. The van der Waals surface area contributed by atoms with E-state index in [1.165, 1.54) is 6.07 Å². The summed E-state index contributed by atoms with van der Waals surface area (Å²) in [5.41, 5.74) is 6.58. The van der Waals surface area contributed by atoms with Crippen molar-refractivity contribution in [1.29, 1.82) is 0 Å². The minimum Gasteiger partial charge on any atom is -0.409 e. The lowest BCUT2D eigenvalue weighted by molar-refractivity contribution is -0.142. The summed E-state index contributed by atoms with van der Waals surface area (Å²) in [6.07, 6.45) is -6.28. The van der Waals surface area contributed by atoms with E-state index in [-0.39, 0.29) is 17.1 Å². The normalized spacial score (nSPS) is 12.3. The molecule has 0 aliphatic carbocycles. The van der Waals surface area contributed by atoms with Gasteiger partial charge in [-0.2, -0.15) is 13.2 Å². The van der Waals surface area contributed by atoms with Crippen LogP contribution in [0.1, 0.15) is 24.0 Å². The number of nitrogens with zero attached hydrogens (tertiary/aromatic N) is 1. The van der Waals surface area contributed by atoms with Gasteiger partial charge < -0.3 is 16.3 Å². The zero-order valence-corrected chi connectivity index (χ0v) is 10.7. The van der Waals surface area contributed by atoms with Gasteiger partial charge in [0.1, 0.15) is 0 Å². The summed E-state index contributed by atoms with van der Waals surface area (Å²) >= 11 is 0. The molecule has 1 rings (SSSR count). The van der Waals surface area contributed by atoms with Crippen LogP contribution >= 0.6 is 0 Å². The van der Waals surface area contributed by atoms with E-state index in [0.29, 0.717) is 5.56 Å². The molecule has 0 saturated carbocycles. The highest BCUT2D eigenvalue weighted by Crippen LogP contribution is 2.23. The first-order valence-electron chi connectivity index (χ1n) is 5.68. The molecule has 110 valence electrons. The van der Waals surface area contributed by atoms with Crippen LogP contribution in [0, 0.1) is 6.92 Å². The lowest BCUT2D eigenvalue weighted by Gasteiger charge is -2.13. The number of alkyl halides is 3. The third-order valence-corrected chi connectivity index (χ3v) is 2.55. The molecule has 20 heavy (non-hydrogen) atoms. The molecule has 0 bridgehead atoms. The van der Waals surface area contributed by atoms with Gasteiger partial charge in [0, 0.05) is 12.0 Å². The summed E-state index contributed by atoms with van der Waals surface area (Å²) in [5, 5.41) is 13.8. The number of benzene rings is 1. The molecule has 1 aromatic carbocycles. The highest BCUT2D eigenvalue weighted by atomic mass is 19.4. The number of rotatable bonds is 4. The average Bonchev–Trinajstić information content (AvgIpc) is 2.35. The van der Waals surface area contributed by atoms with Crippen LogP contribution in [0.25, 0.3) is 0 Å². The van der Waals surface area contributed by atoms with Crippen LogP contribution in [0.4, 0.5) is 18.9 Å². The first-order valence-corrected chi connectivity index (χ1v) is 5.68. The molecule has 0 aliphatic heterocycles. The number of hydrogen-bond donors (Lipinski definition) is 3. The van der Waals surface area contributed by atoms with Crippen molar-refractivity contribution in [1.82, 2.24) is 0 Å². The Morgan fingerprint density at radius 2 is 2.10 bits per heavy atom. The predicted molar refractivity (Wildman–Crippen MR) is 67.6 cm³/mol. The third kappa shape index (κ3) is 4.45. The number of halogens is 3. The Morgan fingerprint density at radius 1 is 1.45 bits per heavy atom. The molecular weight excluding hydrogens is 275 g/mol. The van der Waals surface area contributed by atoms with Crippen molar-refractivity contribution in [2.75, 3.05) is 5.32 Å². The lowest BCUT2D eigenvalue weighted by Crippen LogP contribution is -2.21. The highest BCUT2D eigenvalue weighted by Gasteiger charge is 2.28. The SMILES string of the molecule is Cc1cccc(NC(=O)CCC(F)(F)F)c1/C(N)=N/O. The monoisotopic (exact) mass is 289 g/mol. The predicted octanol–water partition coefficient (Wildman–Crippen LogP) is 2.37. The molecular formula is C12H14F3N3O2. The molecule has 1 aromatic rings. The molecule has 0 aliphatic rings. The largest absolute Gasteiger partial charge is 0.409 e. The van der Waals surface area contributed by atoms with Crippen molar-refractivity contribution < 1.29 is 23.2 Å². The Balaban J connectivity index is 2.88. The molecule has 0 unspecified atom stereocenters. The summed E-state index contributed by atoms with van der Waals surface area (Å²) in [5.74, 6) is -1.02. The van der Waals surface area contributed by atoms with Crippen LogP contribution in [0.2, 0.25) is 0 Å². The number of carbonyl (C=O) groups excluding carboxylic acids is 1. The van der Waals surface area contributed by atoms with Gasteiger partial charge in [-0.15, -0.1) is 0 Å². The van der Waals surface area contributed by atoms with E-state index >= 15 is 0 Å². The van der Waals surface area contributed by atoms with Crippen LogP contribution in [-0.2, 0) is 4.79 Å². The molecule has 0 aromatic heterocycles. The van der Waals surface area contributed by atoms with Crippen molar-refractivity contribution in [3.63, 3.8) is 0 Å². The van der Waals surface area contributed by atoms with E-state index in [4.69, 9.17) is 10.9 Å². The summed E-state index contributed by atoms with van der Waals surface area (Å²) in [7, 11) is 0. The second-order valence-corrected chi connectivity index (χ2v) is 4.15. The van der Waals surface area contributed by atoms with Gasteiger partial charge in [0.2, 0.25) is 5.91 Å². The fourth-order valence-electron chi connectivity index (χ4n) is 1.63. The summed E-state index contributed by atoms with van der Waals surface area (Å²) in [4.78, 5) is 11.5. The maximum atomic E-state index is 12.0. The van der Waals surface area contributed by atoms with E-state index < -0.39 is 24.9 Å². The fraction of sp³-hybridized carbons (Fsp3) is 0.333. The standard InChI is InChI=1S/C12H14F3N3O2/c1-7-3-2-4-8(10(7)11(16)18-20)17-9(19)5-6-12(13,14)15/h2-4,20H,5-6H2,1H3,(H2,16,18)(H,17,19). The van der Waals surface area contributed by atoms with Crippen LogP contribution in [-0.4, -0.2) is 23.1 Å². The maximum Gasteiger partial charge on any atom is 0.389 e. The van der Waals surface area contributed by atoms with Gasteiger partial charge in [-0.1, -0.05) is 17.3 Å². The Bertz CT molecular complexity index is 527. The summed E-state index contributed by atoms with van der Waals surface area (Å²) < 4.78 is 36.1. The molecule has 0 fully saturated rings. The topological polar surface area (TPSA) is 87.7 Å². The van der Waals surface area contributed by atoms with E-state index in [0.717, 1.165) is 0 Å². The number of amides is 1. The maximum absolute atomic E-state index is 12.0. The van der Waals surface area contributed by atoms with E-state index in [2.05, 4.69) is 10.5 Å². The van der Waals surface area contributed by atoms with Gasteiger partial charge in [0.15, 0.2) is 5.84 Å². The second kappa shape index (κ2) is 6.27. The summed E-state index contributed by atoms with van der Waals surface area (Å²) in [6.45, 7) is 1.67. The van der Waals surface area contributed by atoms with Crippen molar-refractivity contribution in [2.24, 2.45) is 10.9 Å². The third-order valence-electron chi connectivity index (χ3n) is 2.55. The van der Waals surface area contributed by atoms with Crippen molar-refractivity contribution in [3.05, 3.63) is 29.3 Å². The molecule has 0 radical (unpaired) electrons. The minimum absolute atomic E-state index is 0.201. The molecule has 0 spiro atoms. The molecule has 0 heterocycles. The first-order chi connectivity index (χ1) is 9.24. The van der Waals surface area contributed by atoms with Gasteiger partial charge in [-0.25, -0.2) is 0 Å². The zero-order chi connectivity index (χ0) is 15.3. The van der Waals surface area contributed by atoms with Crippen LogP contribution in [0.5, 0.6) is 0 Å². The van der Waals surface area contributed by atoms with E-state index in [1.807, 2.05) is 0 Å². The Kier molecular flexibility index (Phi) is 4.95. The van der Waals surface area contributed by atoms with Gasteiger partial charge >= 0.3 is 6.18 Å². The van der Waals surface area contributed by atoms with E-state index in [9.17, 15) is 18.0 Å². The number of oxime groups is 1. The number of hydrogen-bond acceptors (Lipinski definition) is 3. The zero-order valence-electron chi connectivity index (χ0n) is 10.7. The van der Waals surface area contributed by atoms with Crippen LogP contribution in [0.15, 0.2) is 23.4 Å². The smallest absolute Gasteiger partial charge is 0.389 e. The minimum atomic E-state index is -4.39. The second-order valence-electron chi connectivity index (χ2n) is 4.15. The number of anilines is 1. The molecule has 8 heteroatoms. The van der Waals surface area contributed by atoms with Crippen LogP contribution < -0.4 is 11.1 Å². The number of carbonyl (C=O) groups is 1. The number of nitrogens with two attached hydrogens (primary N) is 1. The molecule has 5 nitrogen and oxygen atoms in total. The van der Waals surface area contributed by atoms with Crippen molar-refractivity contribution >= 4 is 17.4 Å². The van der Waals surface area contributed by atoms with Gasteiger partial charge in [-0.05, 0) is 18.6 Å². The molecule has 0 saturated heterocycles. The highest BCUT2D eigenvalue weighted by molar-refractivity contribution is 6.06.